The number of para-hydroxylation sites is 1. The van der Waals surface area contributed by atoms with Gasteiger partial charge >= 0.3 is 0 Å². The lowest BCUT2D eigenvalue weighted by atomic mass is 10.1. The van der Waals surface area contributed by atoms with Crippen molar-refractivity contribution >= 4 is 36.7 Å². The zero-order valence-electron chi connectivity index (χ0n) is 14.2. The second kappa shape index (κ2) is 6.85. The van der Waals surface area contributed by atoms with Crippen LogP contribution in [0.3, 0.4) is 0 Å². The molecule has 0 amide bonds. The molecule has 1 saturated heterocycles. The molecule has 2 aromatic rings. The summed E-state index contributed by atoms with van der Waals surface area (Å²) in [5.74, 6) is 0.823. The number of hydrogen-bond donors (Lipinski definition) is 0. The maximum atomic E-state index is 11.7. The molecule has 0 radical (unpaired) electrons. The highest BCUT2D eigenvalue weighted by Crippen LogP contribution is 2.35. The Morgan fingerprint density at radius 2 is 2.08 bits per heavy atom. The van der Waals surface area contributed by atoms with Gasteiger partial charge in [-0.25, -0.2) is 17.7 Å². The number of piperidine rings is 1. The van der Waals surface area contributed by atoms with Crippen LogP contribution in [-0.4, -0.2) is 56.7 Å². The van der Waals surface area contributed by atoms with Gasteiger partial charge in [0.05, 0.1) is 17.6 Å². The van der Waals surface area contributed by atoms with E-state index in [9.17, 15) is 8.42 Å². The van der Waals surface area contributed by atoms with Crippen molar-refractivity contribution in [2.24, 2.45) is 0 Å². The fourth-order valence-electron chi connectivity index (χ4n) is 3.01. The summed E-state index contributed by atoms with van der Waals surface area (Å²) in [6.07, 6.45) is 2.90. The van der Waals surface area contributed by atoms with Crippen LogP contribution in [-0.2, 0) is 10.0 Å². The standard InChI is InChI=1S/C16H23N3O3S2/c1-4-22-13-6-5-7-14-15(13)17-16(23-14)19-10-8-12(9-11-19)18(2)24(3,20)21/h5-7,12H,4,8-11H2,1-3H3. The molecule has 8 heteroatoms. The summed E-state index contributed by atoms with van der Waals surface area (Å²) in [7, 11) is -1.46. The average molecular weight is 370 g/mol. The molecule has 1 fully saturated rings. The first-order valence-electron chi connectivity index (χ1n) is 8.10. The Balaban J connectivity index is 1.75. The summed E-state index contributed by atoms with van der Waals surface area (Å²) in [6.45, 7) is 4.22. The van der Waals surface area contributed by atoms with Crippen molar-refractivity contribution in [2.45, 2.75) is 25.8 Å². The van der Waals surface area contributed by atoms with Crippen molar-refractivity contribution < 1.29 is 13.2 Å². The summed E-state index contributed by atoms with van der Waals surface area (Å²) in [5.41, 5.74) is 0.912. The number of sulfonamides is 1. The van der Waals surface area contributed by atoms with Gasteiger partial charge in [0.15, 0.2) is 5.13 Å². The van der Waals surface area contributed by atoms with Crippen LogP contribution in [0.1, 0.15) is 19.8 Å². The van der Waals surface area contributed by atoms with E-state index in [2.05, 4.69) is 11.0 Å². The van der Waals surface area contributed by atoms with Crippen LogP contribution in [0, 0.1) is 0 Å². The molecule has 1 aliphatic heterocycles. The number of benzene rings is 1. The second-order valence-electron chi connectivity index (χ2n) is 6.03. The molecule has 1 aliphatic rings. The first-order valence-corrected chi connectivity index (χ1v) is 10.8. The molecule has 0 unspecified atom stereocenters. The molecule has 3 rings (SSSR count). The molecule has 0 N–H and O–H groups in total. The fraction of sp³-hybridized carbons (Fsp3) is 0.562. The van der Waals surface area contributed by atoms with Crippen LogP contribution in [0.4, 0.5) is 5.13 Å². The highest BCUT2D eigenvalue weighted by Gasteiger charge is 2.28. The first-order chi connectivity index (χ1) is 11.4. The minimum absolute atomic E-state index is 0.0737. The van der Waals surface area contributed by atoms with E-state index in [0.717, 1.165) is 47.0 Å². The van der Waals surface area contributed by atoms with Gasteiger partial charge in [-0.15, -0.1) is 0 Å². The zero-order valence-corrected chi connectivity index (χ0v) is 15.9. The largest absolute Gasteiger partial charge is 0.492 e. The summed E-state index contributed by atoms with van der Waals surface area (Å²) >= 11 is 1.66. The smallest absolute Gasteiger partial charge is 0.211 e. The minimum atomic E-state index is -3.13. The lowest BCUT2D eigenvalue weighted by Crippen LogP contribution is -2.45. The minimum Gasteiger partial charge on any atom is -0.492 e. The van der Waals surface area contributed by atoms with Crippen molar-refractivity contribution in [1.82, 2.24) is 9.29 Å². The number of hydrogen-bond acceptors (Lipinski definition) is 6. The van der Waals surface area contributed by atoms with E-state index in [-0.39, 0.29) is 6.04 Å². The molecule has 2 heterocycles. The molecule has 6 nitrogen and oxygen atoms in total. The lowest BCUT2D eigenvalue weighted by molar-refractivity contribution is 0.314. The second-order valence-corrected chi connectivity index (χ2v) is 9.08. The van der Waals surface area contributed by atoms with E-state index in [1.165, 1.54) is 10.6 Å². The number of thiazole rings is 1. The molecular weight excluding hydrogens is 346 g/mol. The summed E-state index contributed by atoms with van der Waals surface area (Å²) in [6, 6.07) is 6.07. The van der Waals surface area contributed by atoms with Gasteiger partial charge in [0, 0.05) is 26.2 Å². The highest BCUT2D eigenvalue weighted by molar-refractivity contribution is 7.88. The van der Waals surface area contributed by atoms with Crippen molar-refractivity contribution in [1.29, 1.82) is 0 Å². The molecule has 24 heavy (non-hydrogen) atoms. The van der Waals surface area contributed by atoms with Crippen LogP contribution in [0.15, 0.2) is 18.2 Å². The van der Waals surface area contributed by atoms with Gasteiger partial charge in [-0.3, -0.25) is 0 Å². The molecule has 0 aliphatic carbocycles. The molecular formula is C16H23N3O3S2. The molecule has 1 aromatic heterocycles. The van der Waals surface area contributed by atoms with Gasteiger partial charge in [0.2, 0.25) is 10.0 Å². The Hall–Kier alpha value is -1.38. The van der Waals surface area contributed by atoms with Crippen molar-refractivity contribution in [3.8, 4) is 5.75 Å². The maximum Gasteiger partial charge on any atom is 0.211 e. The molecule has 0 atom stereocenters. The average Bonchev–Trinajstić information content (AvgIpc) is 2.99. The molecule has 132 valence electrons. The summed E-state index contributed by atoms with van der Waals surface area (Å²) in [5, 5.41) is 0.984. The number of aromatic nitrogens is 1. The van der Waals surface area contributed by atoms with E-state index >= 15 is 0 Å². The van der Waals surface area contributed by atoms with Gasteiger partial charge < -0.3 is 9.64 Å². The number of ether oxygens (including phenoxy) is 1. The van der Waals surface area contributed by atoms with E-state index in [1.54, 1.807) is 18.4 Å². The van der Waals surface area contributed by atoms with Crippen molar-refractivity contribution in [2.75, 3.05) is 37.9 Å². The Morgan fingerprint density at radius 1 is 1.38 bits per heavy atom. The third-order valence-corrected chi connectivity index (χ3v) is 6.87. The van der Waals surface area contributed by atoms with Gasteiger partial charge in [0.1, 0.15) is 11.3 Å². The monoisotopic (exact) mass is 369 g/mol. The van der Waals surface area contributed by atoms with Crippen LogP contribution >= 0.6 is 11.3 Å². The Kier molecular flexibility index (Phi) is 4.98. The molecule has 0 saturated carbocycles. The molecule has 0 bridgehead atoms. The maximum absolute atomic E-state index is 11.7. The zero-order chi connectivity index (χ0) is 17.3. The van der Waals surface area contributed by atoms with E-state index in [1.807, 2.05) is 19.1 Å². The lowest BCUT2D eigenvalue weighted by Gasteiger charge is -2.35. The SMILES string of the molecule is CCOc1cccc2sc(N3CCC(N(C)S(C)(=O)=O)CC3)nc12. The van der Waals surface area contributed by atoms with Gasteiger partial charge in [-0.2, -0.15) is 0 Å². The predicted octanol–water partition coefficient (Wildman–Crippen LogP) is 2.56. The third kappa shape index (κ3) is 3.50. The Labute approximate surface area is 147 Å². The van der Waals surface area contributed by atoms with Crippen molar-refractivity contribution in [3.63, 3.8) is 0 Å². The van der Waals surface area contributed by atoms with Crippen molar-refractivity contribution in [3.05, 3.63) is 18.2 Å². The summed E-state index contributed by atoms with van der Waals surface area (Å²) < 4.78 is 31.6. The Morgan fingerprint density at radius 3 is 2.71 bits per heavy atom. The van der Waals surface area contributed by atoms with E-state index in [0.29, 0.717) is 6.61 Å². The number of rotatable bonds is 5. The number of anilines is 1. The van der Waals surface area contributed by atoms with E-state index < -0.39 is 10.0 Å². The van der Waals surface area contributed by atoms with Crippen LogP contribution in [0.2, 0.25) is 0 Å². The Bertz CT molecular complexity index is 811. The van der Waals surface area contributed by atoms with Crippen LogP contribution in [0.25, 0.3) is 10.2 Å². The van der Waals surface area contributed by atoms with E-state index in [4.69, 9.17) is 9.72 Å². The topological polar surface area (TPSA) is 62.7 Å². The highest BCUT2D eigenvalue weighted by atomic mass is 32.2. The molecule has 1 aromatic carbocycles. The number of fused-ring (bicyclic) bond motifs is 1. The van der Waals surface area contributed by atoms with Crippen LogP contribution in [0.5, 0.6) is 5.75 Å². The first kappa shape index (κ1) is 17.4. The fourth-order valence-corrected chi connectivity index (χ4v) is 4.80. The quantitative estimate of drug-likeness (QED) is 0.810. The van der Waals surface area contributed by atoms with Gasteiger partial charge in [-0.05, 0) is 31.9 Å². The predicted molar refractivity (Wildman–Crippen MR) is 98.6 cm³/mol. The summed E-state index contributed by atoms with van der Waals surface area (Å²) in [4.78, 5) is 7.00. The third-order valence-electron chi connectivity index (χ3n) is 4.44. The van der Waals surface area contributed by atoms with Crippen LogP contribution < -0.4 is 9.64 Å². The normalized spacial score (nSPS) is 16.9. The van der Waals surface area contributed by atoms with Gasteiger partial charge in [0.25, 0.3) is 0 Å². The van der Waals surface area contributed by atoms with Gasteiger partial charge in [-0.1, -0.05) is 17.4 Å². The molecule has 0 spiro atoms. The number of nitrogens with zero attached hydrogens (tertiary/aromatic N) is 3.